The van der Waals surface area contributed by atoms with Gasteiger partial charge in [-0.1, -0.05) is 29.3 Å². The summed E-state index contributed by atoms with van der Waals surface area (Å²) >= 11 is 7.53. The summed E-state index contributed by atoms with van der Waals surface area (Å²) in [5.41, 5.74) is 6.21. The number of hydrazone groups is 1. The standard InChI is InChI=1S/C17H17ClN4O2S/c1-10-6-11(2)15(12(3)7-10)24-9-14(23)21-19-8-13-16(18)20-17-22(13)4-5-25-17/h4-8H,9H2,1-3H3,(H,21,23). The maximum atomic E-state index is 11.9. The van der Waals surface area contributed by atoms with Crippen molar-refractivity contribution in [3.05, 3.63) is 51.2 Å². The summed E-state index contributed by atoms with van der Waals surface area (Å²) in [4.78, 5) is 16.9. The second-order valence-electron chi connectivity index (χ2n) is 5.65. The van der Waals surface area contributed by atoms with E-state index in [1.807, 2.05) is 44.5 Å². The van der Waals surface area contributed by atoms with Crippen LogP contribution in [0.4, 0.5) is 0 Å². The number of amides is 1. The highest BCUT2D eigenvalue weighted by Gasteiger charge is 2.10. The average molecular weight is 377 g/mol. The first-order chi connectivity index (χ1) is 12.0. The molecule has 2 heterocycles. The second-order valence-corrected chi connectivity index (χ2v) is 6.88. The smallest absolute Gasteiger partial charge is 0.277 e. The molecule has 8 heteroatoms. The van der Waals surface area contributed by atoms with E-state index in [4.69, 9.17) is 16.3 Å². The molecular weight excluding hydrogens is 360 g/mol. The van der Waals surface area contributed by atoms with Gasteiger partial charge in [-0.3, -0.25) is 9.20 Å². The van der Waals surface area contributed by atoms with E-state index in [9.17, 15) is 4.79 Å². The molecule has 0 aliphatic carbocycles. The third-order valence-electron chi connectivity index (χ3n) is 3.58. The summed E-state index contributed by atoms with van der Waals surface area (Å²) in [6.07, 6.45) is 3.31. The number of thiazole rings is 1. The van der Waals surface area contributed by atoms with Crippen LogP contribution >= 0.6 is 22.9 Å². The van der Waals surface area contributed by atoms with Crippen LogP contribution in [0.25, 0.3) is 4.96 Å². The lowest BCUT2D eigenvalue weighted by Gasteiger charge is -2.12. The van der Waals surface area contributed by atoms with Crippen LogP contribution < -0.4 is 10.2 Å². The molecule has 1 aromatic carbocycles. The molecule has 25 heavy (non-hydrogen) atoms. The molecule has 0 bridgehead atoms. The Morgan fingerprint density at radius 3 is 2.84 bits per heavy atom. The van der Waals surface area contributed by atoms with Gasteiger partial charge in [0.1, 0.15) is 11.4 Å². The zero-order valence-corrected chi connectivity index (χ0v) is 15.6. The number of nitrogens with zero attached hydrogens (tertiary/aromatic N) is 3. The molecule has 3 rings (SSSR count). The van der Waals surface area contributed by atoms with Crippen LogP contribution in [0.15, 0.2) is 28.8 Å². The number of benzene rings is 1. The Kier molecular flexibility index (Phi) is 5.06. The zero-order valence-electron chi connectivity index (χ0n) is 14.0. The normalized spacial score (nSPS) is 11.4. The molecule has 130 valence electrons. The Labute approximate surface area is 154 Å². The van der Waals surface area contributed by atoms with Gasteiger partial charge in [0, 0.05) is 11.6 Å². The van der Waals surface area contributed by atoms with Crippen molar-refractivity contribution < 1.29 is 9.53 Å². The highest BCUT2D eigenvalue weighted by Crippen LogP contribution is 2.24. The predicted molar refractivity (Wildman–Crippen MR) is 100.0 cm³/mol. The fourth-order valence-corrected chi connectivity index (χ4v) is 3.61. The molecule has 2 aromatic heterocycles. The Morgan fingerprint density at radius 1 is 1.40 bits per heavy atom. The van der Waals surface area contributed by atoms with Crippen molar-refractivity contribution >= 4 is 40.0 Å². The molecule has 0 atom stereocenters. The predicted octanol–water partition coefficient (Wildman–Crippen LogP) is 3.50. The fraction of sp³-hybridized carbons (Fsp3) is 0.235. The first kappa shape index (κ1) is 17.4. The topological polar surface area (TPSA) is 68.0 Å². The Morgan fingerprint density at radius 2 is 2.12 bits per heavy atom. The Balaban J connectivity index is 1.60. The first-order valence-corrected chi connectivity index (χ1v) is 8.85. The van der Waals surface area contributed by atoms with Crippen LogP contribution in [0.3, 0.4) is 0 Å². The Hall–Kier alpha value is -2.38. The van der Waals surface area contributed by atoms with Crippen molar-refractivity contribution in [2.24, 2.45) is 5.10 Å². The summed E-state index contributed by atoms with van der Waals surface area (Å²) in [7, 11) is 0. The lowest BCUT2D eigenvalue weighted by Crippen LogP contribution is -2.25. The summed E-state index contributed by atoms with van der Waals surface area (Å²) in [6, 6.07) is 4.04. The van der Waals surface area contributed by atoms with E-state index >= 15 is 0 Å². The number of imidazole rings is 1. The summed E-state index contributed by atoms with van der Waals surface area (Å²) in [5.74, 6) is 0.376. The van der Waals surface area contributed by atoms with Gasteiger partial charge in [-0.2, -0.15) is 5.10 Å². The number of halogens is 1. The van der Waals surface area contributed by atoms with Gasteiger partial charge in [-0.05, 0) is 31.9 Å². The van der Waals surface area contributed by atoms with Gasteiger partial charge in [0.05, 0.1) is 6.21 Å². The van der Waals surface area contributed by atoms with Crippen molar-refractivity contribution in [2.45, 2.75) is 20.8 Å². The van der Waals surface area contributed by atoms with Crippen molar-refractivity contribution in [2.75, 3.05) is 6.61 Å². The minimum atomic E-state index is -0.349. The number of carbonyl (C=O) groups is 1. The molecule has 3 aromatic rings. The van der Waals surface area contributed by atoms with Gasteiger partial charge in [-0.25, -0.2) is 10.4 Å². The molecule has 0 spiro atoms. The number of hydrogen-bond acceptors (Lipinski definition) is 5. The van der Waals surface area contributed by atoms with Crippen molar-refractivity contribution in [1.29, 1.82) is 0 Å². The quantitative estimate of drug-likeness (QED) is 0.547. The molecule has 0 saturated heterocycles. The number of aryl methyl sites for hydroxylation is 3. The molecule has 0 saturated carbocycles. The number of carbonyl (C=O) groups excluding carboxylic acids is 1. The van der Waals surface area contributed by atoms with Crippen LogP contribution in [0, 0.1) is 20.8 Å². The van der Waals surface area contributed by atoms with E-state index < -0.39 is 0 Å². The third kappa shape index (κ3) is 3.83. The molecule has 1 amide bonds. The van der Waals surface area contributed by atoms with Gasteiger partial charge >= 0.3 is 0 Å². The number of ether oxygens (including phenoxy) is 1. The molecule has 0 radical (unpaired) electrons. The zero-order chi connectivity index (χ0) is 18.0. The fourth-order valence-electron chi connectivity index (χ4n) is 2.62. The van der Waals surface area contributed by atoms with E-state index in [0.717, 1.165) is 27.4 Å². The molecule has 0 fully saturated rings. The molecule has 0 aliphatic rings. The van der Waals surface area contributed by atoms with Gasteiger partial charge in [-0.15, -0.1) is 11.3 Å². The lowest BCUT2D eigenvalue weighted by atomic mass is 10.1. The largest absolute Gasteiger partial charge is 0.483 e. The highest BCUT2D eigenvalue weighted by molar-refractivity contribution is 7.15. The maximum Gasteiger partial charge on any atom is 0.277 e. The number of fused-ring (bicyclic) bond motifs is 1. The SMILES string of the molecule is Cc1cc(C)c(OCC(=O)NN=Cc2c(Cl)nc3sccn23)c(C)c1. The summed E-state index contributed by atoms with van der Waals surface area (Å²) < 4.78 is 7.43. The molecule has 0 unspecified atom stereocenters. The minimum absolute atomic E-state index is 0.115. The van der Waals surface area contributed by atoms with Crippen LogP contribution in [-0.4, -0.2) is 28.1 Å². The molecule has 6 nitrogen and oxygen atoms in total. The Bertz CT molecular complexity index is 938. The van der Waals surface area contributed by atoms with E-state index in [1.165, 1.54) is 17.6 Å². The van der Waals surface area contributed by atoms with E-state index in [-0.39, 0.29) is 12.5 Å². The molecular formula is C17H17ClN4O2S. The van der Waals surface area contributed by atoms with Crippen LogP contribution in [0.2, 0.25) is 5.15 Å². The van der Waals surface area contributed by atoms with Crippen LogP contribution in [-0.2, 0) is 4.79 Å². The van der Waals surface area contributed by atoms with E-state index in [1.54, 1.807) is 4.40 Å². The van der Waals surface area contributed by atoms with Crippen LogP contribution in [0.5, 0.6) is 5.75 Å². The highest BCUT2D eigenvalue weighted by atomic mass is 35.5. The third-order valence-corrected chi connectivity index (χ3v) is 4.62. The van der Waals surface area contributed by atoms with Gasteiger partial charge in [0.25, 0.3) is 5.91 Å². The average Bonchev–Trinajstić information content (AvgIpc) is 3.08. The van der Waals surface area contributed by atoms with Gasteiger partial charge < -0.3 is 4.74 Å². The van der Waals surface area contributed by atoms with Crippen LogP contribution in [0.1, 0.15) is 22.4 Å². The van der Waals surface area contributed by atoms with Gasteiger partial charge in [0.15, 0.2) is 16.7 Å². The van der Waals surface area contributed by atoms with Crippen molar-refractivity contribution in [3.63, 3.8) is 0 Å². The molecule has 1 N–H and O–H groups in total. The number of aromatic nitrogens is 2. The maximum absolute atomic E-state index is 11.9. The van der Waals surface area contributed by atoms with E-state index in [2.05, 4.69) is 15.5 Å². The number of nitrogens with one attached hydrogen (secondary N) is 1. The lowest BCUT2D eigenvalue weighted by molar-refractivity contribution is -0.123. The monoisotopic (exact) mass is 376 g/mol. The van der Waals surface area contributed by atoms with Crippen molar-refractivity contribution in [3.8, 4) is 5.75 Å². The minimum Gasteiger partial charge on any atom is -0.483 e. The van der Waals surface area contributed by atoms with Gasteiger partial charge in [0.2, 0.25) is 0 Å². The number of rotatable bonds is 5. The van der Waals surface area contributed by atoms with E-state index in [0.29, 0.717) is 10.8 Å². The van der Waals surface area contributed by atoms with Crippen molar-refractivity contribution in [1.82, 2.24) is 14.8 Å². The summed E-state index contributed by atoms with van der Waals surface area (Å²) in [6.45, 7) is 5.82. The first-order valence-electron chi connectivity index (χ1n) is 7.59. The second kappa shape index (κ2) is 7.25. The molecule has 0 aliphatic heterocycles. The number of hydrogen-bond donors (Lipinski definition) is 1. The summed E-state index contributed by atoms with van der Waals surface area (Å²) in [5, 5.41) is 6.17.